The largest absolute Gasteiger partial charge is 0.317 e. The predicted molar refractivity (Wildman–Crippen MR) is 95.8 cm³/mol. The highest BCUT2D eigenvalue weighted by Gasteiger charge is 2.30. The first-order valence-corrected chi connectivity index (χ1v) is 9.76. The smallest absolute Gasteiger partial charge is 0.00923 e. The highest BCUT2D eigenvalue weighted by molar-refractivity contribution is 4.84. The van der Waals surface area contributed by atoms with E-state index in [0.717, 1.165) is 12.0 Å². The second-order valence-electron chi connectivity index (χ2n) is 8.16. The molecule has 0 aliphatic heterocycles. The van der Waals surface area contributed by atoms with E-state index in [2.05, 4.69) is 33.1 Å². The maximum atomic E-state index is 3.62. The molecule has 1 atom stereocenters. The van der Waals surface area contributed by atoms with Crippen LogP contribution in [0, 0.1) is 11.3 Å². The molecule has 1 aliphatic carbocycles. The molecule has 0 aromatic carbocycles. The molecule has 1 heteroatoms. The van der Waals surface area contributed by atoms with Crippen LogP contribution in [0.1, 0.15) is 104 Å². The van der Waals surface area contributed by atoms with E-state index < -0.39 is 0 Å². The minimum Gasteiger partial charge on any atom is -0.317 e. The molecule has 21 heavy (non-hydrogen) atoms. The van der Waals surface area contributed by atoms with Gasteiger partial charge in [0.2, 0.25) is 0 Å². The zero-order valence-corrected chi connectivity index (χ0v) is 15.3. The van der Waals surface area contributed by atoms with Crippen LogP contribution < -0.4 is 5.32 Å². The maximum Gasteiger partial charge on any atom is 0.00923 e. The molecule has 1 rings (SSSR count). The summed E-state index contributed by atoms with van der Waals surface area (Å²) in [4.78, 5) is 0. The van der Waals surface area contributed by atoms with Crippen molar-refractivity contribution in [2.45, 2.75) is 110 Å². The Morgan fingerprint density at radius 1 is 0.905 bits per heavy atom. The van der Waals surface area contributed by atoms with Gasteiger partial charge in [0, 0.05) is 6.04 Å². The maximum absolute atomic E-state index is 3.62. The Hall–Kier alpha value is -0.0400. The van der Waals surface area contributed by atoms with Crippen molar-refractivity contribution in [3.05, 3.63) is 0 Å². The minimum absolute atomic E-state index is 0.604. The SMILES string of the molecule is CCCCCCCCCCC(NC)C1CCC(C)(C)CC1. The summed E-state index contributed by atoms with van der Waals surface area (Å²) in [7, 11) is 2.18. The average Bonchev–Trinajstić information content (AvgIpc) is 2.46. The van der Waals surface area contributed by atoms with Crippen molar-refractivity contribution in [2.24, 2.45) is 11.3 Å². The Labute approximate surface area is 134 Å². The van der Waals surface area contributed by atoms with Crippen molar-refractivity contribution in [1.29, 1.82) is 0 Å². The van der Waals surface area contributed by atoms with Crippen molar-refractivity contribution in [3.8, 4) is 0 Å². The summed E-state index contributed by atoms with van der Waals surface area (Å²) in [6.07, 6.45) is 18.6. The minimum atomic E-state index is 0.604. The fourth-order valence-corrected chi connectivity index (χ4v) is 3.94. The van der Waals surface area contributed by atoms with Gasteiger partial charge in [-0.2, -0.15) is 0 Å². The number of unbranched alkanes of at least 4 members (excludes halogenated alkanes) is 7. The molecule has 0 aromatic heterocycles. The number of nitrogens with one attached hydrogen (secondary N) is 1. The Morgan fingerprint density at radius 3 is 1.95 bits per heavy atom. The summed E-state index contributed by atoms with van der Waals surface area (Å²) < 4.78 is 0. The van der Waals surface area contributed by atoms with Crippen molar-refractivity contribution >= 4 is 0 Å². The third kappa shape index (κ3) is 8.24. The summed E-state index contributed by atoms with van der Waals surface area (Å²) in [5.41, 5.74) is 0.604. The fraction of sp³-hybridized carbons (Fsp3) is 1.00. The van der Waals surface area contributed by atoms with Crippen LogP contribution in [0.25, 0.3) is 0 Å². The lowest BCUT2D eigenvalue weighted by Gasteiger charge is -2.38. The molecule has 0 saturated heterocycles. The van der Waals surface area contributed by atoms with Gasteiger partial charge >= 0.3 is 0 Å². The van der Waals surface area contributed by atoms with E-state index in [-0.39, 0.29) is 0 Å². The third-order valence-corrected chi connectivity index (χ3v) is 5.69. The number of hydrogen-bond donors (Lipinski definition) is 1. The molecule has 1 fully saturated rings. The first kappa shape index (κ1) is 19.0. The summed E-state index contributed by atoms with van der Waals surface area (Å²) in [5.74, 6) is 0.938. The van der Waals surface area contributed by atoms with Gasteiger partial charge < -0.3 is 5.32 Å². The van der Waals surface area contributed by atoms with Gasteiger partial charge in [-0.25, -0.2) is 0 Å². The summed E-state index contributed by atoms with van der Waals surface area (Å²) in [6, 6.07) is 0.779. The van der Waals surface area contributed by atoms with Crippen molar-refractivity contribution in [3.63, 3.8) is 0 Å². The van der Waals surface area contributed by atoms with Crippen LogP contribution in [0.4, 0.5) is 0 Å². The third-order valence-electron chi connectivity index (χ3n) is 5.69. The Kier molecular flexibility index (Phi) is 9.64. The van der Waals surface area contributed by atoms with Gasteiger partial charge in [0.15, 0.2) is 0 Å². The summed E-state index contributed by atoms with van der Waals surface area (Å²) in [5, 5.41) is 3.62. The standard InChI is InChI=1S/C20H41N/c1-5-6-7-8-9-10-11-12-13-19(21-4)18-14-16-20(2,3)17-15-18/h18-19,21H,5-17H2,1-4H3. The number of hydrogen-bond acceptors (Lipinski definition) is 1. The summed E-state index contributed by atoms with van der Waals surface area (Å²) >= 11 is 0. The van der Waals surface area contributed by atoms with E-state index in [1.807, 2.05) is 0 Å². The van der Waals surface area contributed by atoms with Gasteiger partial charge in [-0.1, -0.05) is 72.1 Å². The molecule has 1 N–H and O–H groups in total. The second-order valence-corrected chi connectivity index (χ2v) is 8.16. The van der Waals surface area contributed by atoms with Gasteiger partial charge in [0.1, 0.15) is 0 Å². The molecular formula is C20H41N. The van der Waals surface area contributed by atoms with Crippen LogP contribution in [-0.2, 0) is 0 Å². The predicted octanol–water partition coefficient (Wildman–Crippen LogP) is 6.32. The molecule has 0 bridgehead atoms. The quantitative estimate of drug-likeness (QED) is 0.440. The average molecular weight is 296 g/mol. The number of rotatable bonds is 11. The lowest BCUT2D eigenvalue weighted by Crippen LogP contribution is -2.37. The van der Waals surface area contributed by atoms with E-state index in [1.54, 1.807) is 0 Å². The van der Waals surface area contributed by atoms with Crippen LogP contribution >= 0.6 is 0 Å². The Balaban J connectivity index is 2.06. The highest BCUT2D eigenvalue weighted by atomic mass is 14.9. The fourth-order valence-electron chi connectivity index (χ4n) is 3.94. The zero-order chi connectivity index (χ0) is 15.6. The molecule has 0 radical (unpaired) electrons. The van der Waals surface area contributed by atoms with Gasteiger partial charge in [-0.05, 0) is 50.5 Å². The highest BCUT2D eigenvalue weighted by Crippen LogP contribution is 2.39. The molecule has 1 saturated carbocycles. The molecule has 0 amide bonds. The summed E-state index contributed by atoms with van der Waals surface area (Å²) in [6.45, 7) is 7.18. The van der Waals surface area contributed by atoms with Crippen LogP contribution in [0.5, 0.6) is 0 Å². The molecule has 0 aromatic rings. The lowest BCUT2D eigenvalue weighted by molar-refractivity contribution is 0.159. The molecule has 1 unspecified atom stereocenters. The molecule has 0 heterocycles. The van der Waals surface area contributed by atoms with E-state index in [4.69, 9.17) is 0 Å². The van der Waals surface area contributed by atoms with Crippen molar-refractivity contribution in [1.82, 2.24) is 5.32 Å². The molecule has 126 valence electrons. The lowest BCUT2D eigenvalue weighted by atomic mass is 9.70. The molecule has 1 aliphatic rings. The normalized spacial score (nSPS) is 20.6. The topological polar surface area (TPSA) is 12.0 Å². The molecule has 0 spiro atoms. The van der Waals surface area contributed by atoms with Gasteiger partial charge in [0.05, 0.1) is 0 Å². The van der Waals surface area contributed by atoms with E-state index in [1.165, 1.54) is 83.5 Å². The van der Waals surface area contributed by atoms with Crippen molar-refractivity contribution < 1.29 is 0 Å². The van der Waals surface area contributed by atoms with E-state index >= 15 is 0 Å². The van der Waals surface area contributed by atoms with Crippen LogP contribution in [0.3, 0.4) is 0 Å². The van der Waals surface area contributed by atoms with Crippen molar-refractivity contribution in [2.75, 3.05) is 7.05 Å². The molecular weight excluding hydrogens is 254 g/mol. The van der Waals surface area contributed by atoms with E-state index in [0.29, 0.717) is 5.41 Å². The Bertz CT molecular complexity index is 236. The van der Waals surface area contributed by atoms with Crippen LogP contribution in [0.15, 0.2) is 0 Å². The van der Waals surface area contributed by atoms with Gasteiger partial charge in [-0.15, -0.1) is 0 Å². The second kappa shape index (κ2) is 10.6. The molecule has 1 nitrogen and oxygen atoms in total. The van der Waals surface area contributed by atoms with Crippen LogP contribution in [-0.4, -0.2) is 13.1 Å². The monoisotopic (exact) mass is 295 g/mol. The van der Waals surface area contributed by atoms with Gasteiger partial charge in [-0.3, -0.25) is 0 Å². The van der Waals surface area contributed by atoms with Crippen LogP contribution in [0.2, 0.25) is 0 Å². The first-order chi connectivity index (χ1) is 10.1. The first-order valence-electron chi connectivity index (χ1n) is 9.76. The van der Waals surface area contributed by atoms with Gasteiger partial charge in [0.25, 0.3) is 0 Å². The van der Waals surface area contributed by atoms with E-state index in [9.17, 15) is 0 Å². The zero-order valence-electron chi connectivity index (χ0n) is 15.3. The Morgan fingerprint density at radius 2 is 1.43 bits per heavy atom.